The maximum Gasteiger partial charge on any atom is 0.130 e. The highest BCUT2D eigenvalue weighted by Gasteiger charge is 2.17. The molecular weight excluding hydrogens is 229 g/mol. The van der Waals surface area contributed by atoms with Crippen LogP contribution >= 0.6 is 0 Å². The Hall–Kier alpha value is -1.68. The first-order valence-electron chi connectivity index (χ1n) is 6.18. The van der Waals surface area contributed by atoms with E-state index >= 15 is 0 Å². The van der Waals surface area contributed by atoms with Crippen LogP contribution in [-0.2, 0) is 7.05 Å². The zero-order chi connectivity index (χ0) is 13.0. The van der Waals surface area contributed by atoms with Crippen LogP contribution in [0.1, 0.15) is 30.8 Å². The highest BCUT2D eigenvalue weighted by atomic mass is 19.1. The van der Waals surface area contributed by atoms with Crippen LogP contribution in [0, 0.1) is 5.82 Å². The molecule has 3 nitrogen and oxygen atoms in total. The predicted octanol–water partition coefficient (Wildman–Crippen LogP) is 2.65. The molecule has 0 aliphatic carbocycles. The van der Waals surface area contributed by atoms with Gasteiger partial charge in [-0.3, -0.25) is 0 Å². The van der Waals surface area contributed by atoms with Gasteiger partial charge in [-0.1, -0.05) is 19.1 Å². The molecule has 0 aliphatic heterocycles. The lowest BCUT2D eigenvalue weighted by atomic mass is 10.1. The van der Waals surface area contributed by atoms with E-state index in [1.54, 1.807) is 18.3 Å². The maximum atomic E-state index is 13.0. The molecule has 96 valence electrons. The highest BCUT2D eigenvalue weighted by Crippen LogP contribution is 2.20. The van der Waals surface area contributed by atoms with E-state index < -0.39 is 0 Å². The molecule has 0 saturated carbocycles. The molecule has 1 aromatic heterocycles. The van der Waals surface area contributed by atoms with Crippen molar-refractivity contribution in [3.8, 4) is 0 Å². The summed E-state index contributed by atoms with van der Waals surface area (Å²) in [4.78, 5) is 4.37. The summed E-state index contributed by atoms with van der Waals surface area (Å²) in [6, 6.07) is 6.58. The van der Waals surface area contributed by atoms with E-state index in [1.807, 2.05) is 17.8 Å². The van der Waals surface area contributed by atoms with Crippen molar-refractivity contribution >= 4 is 0 Å². The van der Waals surface area contributed by atoms with E-state index in [2.05, 4.69) is 17.2 Å². The Morgan fingerprint density at radius 3 is 2.61 bits per heavy atom. The standard InChI is InChI=1S/C14H18FN3/c1-3-8-16-13(14-17-9-10-18(14)2)11-4-6-12(15)7-5-11/h4-7,9-10,13,16H,3,8H2,1-2H3. The maximum absolute atomic E-state index is 13.0. The third-order valence-electron chi connectivity index (χ3n) is 2.92. The Balaban J connectivity index is 2.30. The van der Waals surface area contributed by atoms with Crippen LogP contribution in [0.15, 0.2) is 36.7 Å². The van der Waals surface area contributed by atoms with Gasteiger partial charge in [0.2, 0.25) is 0 Å². The molecule has 4 heteroatoms. The molecule has 18 heavy (non-hydrogen) atoms. The molecular formula is C14H18FN3. The van der Waals surface area contributed by atoms with Crippen molar-refractivity contribution in [3.63, 3.8) is 0 Å². The summed E-state index contributed by atoms with van der Waals surface area (Å²) in [6.45, 7) is 3.02. The molecule has 0 saturated heterocycles. The van der Waals surface area contributed by atoms with Crippen LogP contribution in [0.4, 0.5) is 4.39 Å². The van der Waals surface area contributed by atoms with Crippen LogP contribution in [0.3, 0.4) is 0 Å². The third kappa shape index (κ3) is 2.76. The number of nitrogens with zero attached hydrogens (tertiary/aromatic N) is 2. The fourth-order valence-corrected chi connectivity index (χ4v) is 1.96. The van der Waals surface area contributed by atoms with Crippen molar-refractivity contribution in [2.75, 3.05) is 6.54 Å². The summed E-state index contributed by atoms with van der Waals surface area (Å²) in [6.07, 6.45) is 4.74. The smallest absolute Gasteiger partial charge is 0.130 e. The van der Waals surface area contributed by atoms with Gasteiger partial charge in [-0.05, 0) is 30.7 Å². The van der Waals surface area contributed by atoms with Crippen LogP contribution in [0.5, 0.6) is 0 Å². The first-order chi connectivity index (χ1) is 8.72. The van der Waals surface area contributed by atoms with E-state index in [4.69, 9.17) is 0 Å². The Morgan fingerprint density at radius 2 is 2.06 bits per heavy atom. The minimum absolute atomic E-state index is 0.00514. The minimum atomic E-state index is -0.215. The molecule has 0 fully saturated rings. The average molecular weight is 247 g/mol. The molecule has 0 amide bonds. The van der Waals surface area contributed by atoms with Crippen molar-refractivity contribution in [2.24, 2.45) is 7.05 Å². The monoisotopic (exact) mass is 247 g/mol. The molecule has 1 atom stereocenters. The number of aromatic nitrogens is 2. The fraction of sp³-hybridized carbons (Fsp3) is 0.357. The number of halogens is 1. The van der Waals surface area contributed by atoms with E-state index in [9.17, 15) is 4.39 Å². The number of rotatable bonds is 5. The second-order valence-corrected chi connectivity index (χ2v) is 4.34. The van der Waals surface area contributed by atoms with Crippen molar-refractivity contribution < 1.29 is 4.39 Å². The molecule has 1 heterocycles. The highest BCUT2D eigenvalue weighted by molar-refractivity contribution is 5.25. The molecule has 1 N–H and O–H groups in total. The molecule has 0 spiro atoms. The van der Waals surface area contributed by atoms with Gasteiger partial charge < -0.3 is 9.88 Å². The van der Waals surface area contributed by atoms with Crippen LogP contribution < -0.4 is 5.32 Å². The van der Waals surface area contributed by atoms with Gasteiger partial charge in [0.15, 0.2) is 0 Å². The summed E-state index contributed by atoms with van der Waals surface area (Å²) >= 11 is 0. The minimum Gasteiger partial charge on any atom is -0.336 e. The third-order valence-corrected chi connectivity index (χ3v) is 2.92. The van der Waals surface area contributed by atoms with Crippen molar-refractivity contribution in [3.05, 3.63) is 53.9 Å². The molecule has 0 radical (unpaired) electrons. The molecule has 2 aromatic rings. The number of aryl methyl sites for hydroxylation is 1. The Labute approximate surface area is 107 Å². The second-order valence-electron chi connectivity index (χ2n) is 4.34. The summed E-state index contributed by atoms with van der Waals surface area (Å²) in [5, 5.41) is 3.44. The lowest BCUT2D eigenvalue weighted by molar-refractivity contribution is 0.553. The van der Waals surface area contributed by atoms with Gasteiger partial charge in [0.05, 0.1) is 6.04 Å². The van der Waals surface area contributed by atoms with E-state index in [-0.39, 0.29) is 11.9 Å². The van der Waals surface area contributed by atoms with Gasteiger partial charge in [-0.15, -0.1) is 0 Å². The summed E-state index contributed by atoms with van der Waals surface area (Å²) in [5.41, 5.74) is 1.03. The van der Waals surface area contributed by atoms with Crippen LogP contribution in [0.2, 0.25) is 0 Å². The first kappa shape index (κ1) is 12.8. The SMILES string of the molecule is CCCNC(c1ccc(F)cc1)c1nccn1C. The molecule has 2 rings (SSSR count). The quantitative estimate of drug-likeness (QED) is 0.880. The second kappa shape index (κ2) is 5.78. The summed E-state index contributed by atoms with van der Waals surface area (Å²) < 4.78 is 15.0. The average Bonchev–Trinajstić information content (AvgIpc) is 2.78. The zero-order valence-corrected chi connectivity index (χ0v) is 10.7. The largest absolute Gasteiger partial charge is 0.336 e. The predicted molar refractivity (Wildman–Crippen MR) is 69.7 cm³/mol. The summed E-state index contributed by atoms with van der Waals surface area (Å²) in [5.74, 6) is 0.725. The van der Waals surface area contributed by atoms with E-state index in [0.717, 1.165) is 24.4 Å². The first-order valence-corrected chi connectivity index (χ1v) is 6.18. The van der Waals surface area contributed by atoms with E-state index in [1.165, 1.54) is 12.1 Å². The van der Waals surface area contributed by atoms with Crippen molar-refractivity contribution in [2.45, 2.75) is 19.4 Å². The van der Waals surface area contributed by atoms with Gasteiger partial charge in [0.25, 0.3) is 0 Å². The number of benzene rings is 1. The number of nitrogens with one attached hydrogen (secondary N) is 1. The molecule has 0 aliphatic rings. The van der Waals surface area contributed by atoms with Crippen molar-refractivity contribution in [1.29, 1.82) is 0 Å². The lowest BCUT2D eigenvalue weighted by Crippen LogP contribution is -2.25. The van der Waals surface area contributed by atoms with Crippen LogP contribution in [-0.4, -0.2) is 16.1 Å². The Bertz CT molecular complexity index is 490. The van der Waals surface area contributed by atoms with Gasteiger partial charge >= 0.3 is 0 Å². The topological polar surface area (TPSA) is 29.9 Å². The molecule has 1 aromatic carbocycles. The molecule has 0 bridgehead atoms. The van der Waals surface area contributed by atoms with Gasteiger partial charge in [0.1, 0.15) is 11.6 Å². The van der Waals surface area contributed by atoms with E-state index in [0.29, 0.717) is 0 Å². The van der Waals surface area contributed by atoms with Crippen LogP contribution in [0.25, 0.3) is 0 Å². The van der Waals surface area contributed by atoms with Gasteiger partial charge in [0, 0.05) is 19.4 Å². The lowest BCUT2D eigenvalue weighted by Gasteiger charge is -2.18. The Morgan fingerprint density at radius 1 is 1.33 bits per heavy atom. The van der Waals surface area contributed by atoms with Gasteiger partial charge in [-0.2, -0.15) is 0 Å². The number of imidazole rings is 1. The molecule has 1 unspecified atom stereocenters. The normalized spacial score (nSPS) is 12.6. The number of hydrogen-bond donors (Lipinski definition) is 1. The Kier molecular flexibility index (Phi) is 4.10. The number of hydrogen-bond acceptors (Lipinski definition) is 2. The fourth-order valence-electron chi connectivity index (χ4n) is 1.96. The van der Waals surface area contributed by atoms with Gasteiger partial charge in [-0.25, -0.2) is 9.37 Å². The summed E-state index contributed by atoms with van der Waals surface area (Å²) in [7, 11) is 1.96. The zero-order valence-electron chi connectivity index (χ0n) is 10.7. The van der Waals surface area contributed by atoms with Crippen molar-refractivity contribution in [1.82, 2.24) is 14.9 Å².